The Morgan fingerprint density at radius 3 is 2.87 bits per heavy atom. The molecule has 2 aromatic carbocycles. The van der Waals surface area contributed by atoms with Crippen molar-refractivity contribution in [2.24, 2.45) is 4.99 Å². The summed E-state index contributed by atoms with van der Waals surface area (Å²) in [6, 6.07) is 12.1. The number of nitrogens with zero attached hydrogens (tertiary/aromatic N) is 1. The van der Waals surface area contributed by atoms with Gasteiger partial charge in [-0.15, -0.1) is 0 Å². The van der Waals surface area contributed by atoms with Gasteiger partial charge < -0.3 is 20.1 Å². The van der Waals surface area contributed by atoms with E-state index in [-0.39, 0.29) is 5.82 Å². The Balaban J connectivity index is 1.49. The van der Waals surface area contributed by atoms with E-state index >= 15 is 0 Å². The SMILES string of the molecule is COc1ccccc1OCCNC1=NCc2cc(F)ccc2N1. The molecule has 1 aliphatic heterocycles. The molecule has 0 aliphatic carbocycles. The van der Waals surface area contributed by atoms with Crippen molar-refractivity contribution < 1.29 is 13.9 Å². The highest BCUT2D eigenvalue weighted by Gasteiger charge is 2.11. The standard InChI is InChI=1S/C17H18FN3O2/c1-22-15-4-2-3-5-16(15)23-9-8-19-17-20-11-12-10-13(18)6-7-14(12)21-17/h2-7,10H,8-9,11H2,1H3,(H2,19,20,21). The Kier molecular flexibility index (Phi) is 4.61. The van der Waals surface area contributed by atoms with Crippen LogP contribution in [0.4, 0.5) is 10.1 Å². The first-order valence-corrected chi connectivity index (χ1v) is 7.36. The van der Waals surface area contributed by atoms with E-state index in [0.717, 1.165) is 11.3 Å². The molecule has 6 heteroatoms. The van der Waals surface area contributed by atoms with Crippen molar-refractivity contribution in [3.8, 4) is 11.5 Å². The van der Waals surface area contributed by atoms with Crippen molar-refractivity contribution in [1.82, 2.24) is 5.32 Å². The lowest BCUT2D eigenvalue weighted by atomic mass is 10.1. The van der Waals surface area contributed by atoms with Crippen LogP contribution in [0.25, 0.3) is 0 Å². The maximum absolute atomic E-state index is 13.1. The van der Waals surface area contributed by atoms with Gasteiger partial charge in [0.05, 0.1) is 20.2 Å². The van der Waals surface area contributed by atoms with Crippen LogP contribution in [0.2, 0.25) is 0 Å². The maximum Gasteiger partial charge on any atom is 0.196 e. The molecule has 0 unspecified atom stereocenters. The van der Waals surface area contributed by atoms with Crippen LogP contribution in [0.1, 0.15) is 5.56 Å². The number of guanidine groups is 1. The summed E-state index contributed by atoms with van der Waals surface area (Å²) in [7, 11) is 1.61. The fourth-order valence-corrected chi connectivity index (χ4v) is 2.31. The number of para-hydroxylation sites is 2. The normalized spacial score (nSPS) is 12.7. The van der Waals surface area contributed by atoms with Gasteiger partial charge in [0.25, 0.3) is 0 Å². The van der Waals surface area contributed by atoms with E-state index in [9.17, 15) is 4.39 Å². The second kappa shape index (κ2) is 7.00. The fourth-order valence-electron chi connectivity index (χ4n) is 2.31. The third-order valence-corrected chi connectivity index (χ3v) is 3.45. The quantitative estimate of drug-likeness (QED) is 0.833. The molecule has 0 atom stereocenters. The number of anilines is 1. The van der Waals surface area contributed by atoms with Crippen molar-refractivity contribution >= 4 is 11.6 Å². The molecule has 1 heterocycles. The van der Waals surface area contributed by atoms with Gasteiger partial charge in [-0.25, -0.2) is 9.38 Å². The van der Waals surface area contributed by atoms with E-state index < -0.39 is 0 Å². The minimum atomic E-state index is -0.248. The van der Waals surface area contributed by atoms with Crippen LogP contribution in [-0.4, -0.2) is 26.2 Å². The molecule has 0 aromatic heterocycles. The molecule has 0 radical (unpaired) electrons. The Bertz CT molecular complexity index is 719. The van der Waals surface area contributed by atoms with Gasteiger partial charge in [-0.3, -0.25) is 0 Å². The molecule has 2 aromatic rings. The van der Waals surface area contributed by atoms with Gasteiger partial charge >= 0.3 is 0 Å². The number of fused-ring (bicyclic) bond motifs is 1. The first kappa shape index (κ1) is 15.1. The third kappa shape index (κ3) is 3.71. The number of methoxy groups -OCH3 is 1. The molecule has 1 aliphatic rings. The fraction of sp³-hybridized carbons (Fsp3) is 0.235. The maximum atomic E-state index is 13.1. The number of hydrogen-bond acceptors (Lipinski definition) is 5. The second-order valence-corrected chi connectivity index (χ2v) is 5.02. The average Bonchev–Trinajstić information content (AvgIpc) is 2.59. The molecule has 0 fully saturated rings. The first-order chi connectivity index (χ1) is 11.3. The molecule has 0 saturated carbocycles. The van der Waals surface area contributed by atoms with Crippen molar-refractivity contribution in [3.63, 3.8) is 0 Å². The number of benzene rings is 2. The highest BCUT2D eigenvalue weighted by Crippen LogP contribution is 2.25. The van der Waals surface area contributed by atoms with E-state index in [2.05, 4.69) is 15.6 Å². The lowest BCUT2D eigenvalue weighted by molar-refractivity contribution is 0.298. The summed E-state index contributed by atoms with van der Waals surface area (Å²) in [6.45, 7) is 1.51. The molecular formula is C17H18FN3O2. The Morgan fingerprint density at radius 1 is 1.22 bits per heavy atom. The van der Waals surface area contributed by atoms with Crippen LogP contribution in [-0.2, 0) is 6.54 Å². The van der Waals surface area contributed by atoms with E-state index in [1.165, 1.54) is 12.1 Å². The Morgan fingerprint density at radius 2 is 2.04 bits per heavy atom. The molecular weight excluding hydrogens is 297 g/mol. The molecule has 120 valence electrons. The molecule has 2 N–H and O–H groups in total. The summed E-state index contributed by atoms with van der Waals surface area (Å²) >= 11 is 0. The van der Waals surface area contributed by atoms with Crippen LogP contribution in [0, 0.1) is 5.82 Å². The van der Waals surface area contributed by atoms with Gasteiger partial charge in [-0.2, -0.15) is 0 Å². The summed E-state index contributed by atoms with van der Waals surface area (Å²) in [5.74, 6) is 1.82. The zero-order chi connectivity index (χ0) is 16.1. The van der Waals surface area contributed by atoms with E-state index in [1.54, 1.807) is 13.2 Å². The summed E-state index contributed by atoms with van der Waals surface area (Å²) < 4.78 is 24.1. The number of nitrogens with one attached hydrogen (secondary N) is 2. The van der Waals surface area contributed by atoms with Gasteiger partial charge in [0.2, 0.25) is 0 Å². The van der Waals surface area contributed by atoms with Crippen molar-refractivity contribution in [1.29, 1.82) is 0 Å². The van der Waals surface area contributed by atoms with Gasteiger partial charge in [-0.05, 0) is 30.3 Å². The van der Waals surface area contributed by atoms with E-state index in [4.69, 9.17) is 9.47 Å². The first-order valence-electron chi connectivity index (χ1n) is 7.36. The second-order valence-electron chi connectivity index (χ2n) is 5.02. The lowest BCUT2D eigenvalue weighted by Crippen LogP contribution is -2.35. The summed E-state index contributed by atoms with van der Waals surface area (Å²) in [5.41, 5.74) is 1.72. The van der Waals surface area contributed by atoms with Crippen molar-refractivity contribution in [2.75, 3.05) is 25.6 Å². The lowest BCUT2D eigenvalue weighted by Gasteiger charge is -2.19. The zero-order valence-electron chi connectivity index (χ0n) is 12.8. The number of halogens is 1. The molecule has 5 nitrogen and oxygen atoms in total. The van der Waals surface area contributed by atoms with Gasteiger partial charge in [0.15, 0.2) is 17.5 Å². The molecule has 0 amide bonds. The predicted molar refractivity (Wildman–Crippen MR) is 87.7 cm³/mol. The van der Waals surface area contributed by atoms with Crippen molar-refractivity contribution in [2.45, 2.75) is 6.54 Å². The van der Waals surface area contributed by atoms with Crippen molar-refractivity contribution in [3.05, 3.63) is 53.8 Å². The average molecular weight is 315 g/mol. The summed E-state index contributed by atoms with van der Waals surface area (Å²) in [5, 5.41) is 6.30. The topological polar surface area (TPSA) is 54.9 Å². The van der Waals surface area contributed by atoms with Gasteiger partial charge in [-0.1, -0.05) is 12.1 Å². The third-order valence-electron chi connectivity index (χ3n) is 3.45. The highest BCUT2D eigenvalue weighted by atomic mass is 19.1. The highest BCUT2D eigenvalue weighted by molar-refractivity contribution is 5.95. The van der Waals surface area contributed by atoms with Gasteiger partial charge in [0, 0.05) is 11.3 Å². The number of ether oxygens (including phenoxy) is 2. The predicted octanol–water partition coefficient (Wildman–Crippen LogP) is 2.78. The molecule has 0 bridgehead atoms. The number of rotatable bonds is 5. The Labute approximate surface area is 134 Å². The number of aliphatic imine (C=N–C) groups is 1. The molecule has 23 heavy (non-hydrogen) atoms. The number of hydrogen-bond donors (Lipinski definition) is 2. The minimum absolute atomic E-state index is 0.248. The molecule has 0 saturated heterocycles. The minimum Gasteiger partial charge on any atom is -0.493 e. The summed E-state index contributed by atoms with van der Waals surface area (Å²) in [6.07, 6.45) is 0. The van der Waals surface area contributed by atoms with Crippen LogP contribution >= 0.6 is 0 Å². The smallest absolute Gasteiger partial charge is 0.196 e. The van der Waals surface area contributed by atoms with Crippen LogP contribution < -0.4 is 20.1 Å². The van der Waals surface area contributed by atoms with E-state index in [0.29, 0.717) is 37.2 Å². The molecule has 3 rings (SSSR count). The Hall–Kier alpha value is -2.76. The van der Waals surface area contributed by atoms with Crippen LogP contribution in [0.3, 0.4) is 0 Å². The van der Waals surface area contributed by atoms with E-state index in [1.807, 2.05) is 24.3 Å². The van der Waals surface area contributed by atoms with Crippen LogP contribution in [0.5, 0.6) is 11.5 Å². The van der Waals surface area contributed by atoms with Crippen LogP contribution in [0.15, 0.2) is 47.5 Å². The zero-order valence-corrected chi connectivity index (χ0v) is 12.8. The monoisotopic (exact) mass is 315 g/mol. The largest absolute Gasteiger partial charge is 0.493 e. The van der Waals surface area contributed by atoms with Gasteiger partial charge in [0.1, 0.15) is 12.4 Å². The molecule has 0 spiro atoms. The summed E-state index contributed by atoms with van der Waals surface area (Å²) in [4.78, 5) is 4.34.